The Morgan fingerprint density at radius 1 is 1.02 bits per heavy atom. The number of hydrogen-bond donors (Lipinski definition) is 2. The van der Waals surface area contributed by atoms with Crippen molar-refractivity contribution in [1.29, 1.82) is 0 Å². The van der Waals surface area contributed by atoms with Crippen molar-refractivity contribution in [2.45, 2.75) is 18.9 Å². The normalized spacial score (nSPS) is 15.9. The van der Waals surface area contributed by atoms with E-state index in [2.05, 4.69) is 10.0 Å². The van der Waals surface area contributed by atoms with Gasteiger partial charge in [0, 0.05) is 38.8 Å². The van der Waals surface area contributed by atoms with Crippen LogP contribution in [0.3, 0.4) is 0 Å². The smallest absolute Gasteiger partial charge is 0.337 e. The summed E-state index contributed by atoms with van der Waals surface area (Å²) in [5.41, 5.74) is -1.27. The van der Waals surface area contributed by atoms with Gasteiger partial charge >= 0.3 is 5.69 Å². The maximum absolute atomic E-state index is 14.8. The number of aryl methyl sites for hydroxylation is 1. The largest absolute Gasteiger partial charge is 0.379 e. The first-order chi connectivity index (χ1) is 21.0. The molecule has 1 saturated carbocycles. The summed E-state index contributed by atoms with van der Waals surface area (Å²) in [6, 6.07) is 11.0. The molecule has 3 heterocycles. The number of fused-ring (bicyclic) bond motifs is 1. The second-order valence-corrected chi connectivity index (χ2v) is 12.8. The second kappa shape index (κ2) is 11.7. The molecule has 44 heavy (non-hydrogen) atoms. The Hall–Kier alpha value is -4.21. The Balaban J connectivity index is 1.46. The van der Waals surface area contributed by atoms with Crippen LogP contribution in [-0.2, 0) is 21.8 Å². The summed E-state index contributed by atoms with van der Waals surface area (Å²) in [4.78, 5) is 43.0. The third-order valence-electron chi connectivity index (χ3n) is 7.78. The molecule has 1 aliphatic carbocycles. The van der Waals surface area contributed by atoms with Crippen LogP contribution in [-0.4, -0.2) is 73.5 Å². The van der Waals surface area contributed by atoms with Gasteiger partial charge in [-0.2, -0.15) is 0 Å². The molecule has 4 aromatic rings. The monoisotopic (exact) mass is 620 g/mol. The van der Waals surface area contributed by atoms with Crippen molar-refractivity contribution < 1.29 is 17.5 Å². The van der Waals surface area contributed by atoms with Gasteiger partial charge in [0.2, 0.25) is 10.0 Å². The molecule has 0 spiro atoms. The highest BCUT2D eigenvalue weighted by Gasteiger charge is 2.31. The molecular weight excluding hydrogens is 590 g/mol. The van der Waals surface area contributed by atoms with Crippen molar-refractivity contribution in [1.82, 2.24) is 18.6 Å². The summed E-state index contributed by atoms with van der Waals surface area (Å²) in [5.74, 6) is -0.832. The number of rotatable bonds is 9. The first kappa shape index (κ1) is 29.8. The van der Waals surface area contributed by atoms with Gasteiger partial charge in [-0.05, 0) is 43.2 Å². The first-order valence-electron chi connectivity index (χ1n) is 14.2. The topological polar surface area (TPSA) is 137 Å². The lowest BCUT2D eigenvalue weighted by molar-refractivity contribution is 0.0408. The molecule has 2 fully saturated rings. The Kier molecular flexibility index (Phi) is 7.94. The number of halogens is 1. The number of anilines is 3. The van der Waals surface area contributed by atoms with E-state index in [0.717, 1.165) is 10.6 Å². The zero-order chi connectivity index (χ0) is 31.2. The molecule has 12 nitrogen and oxygen atoms in total. The van der Waals surface area contributed by atoms with Gasteiger partial charge in [0.15, 0.2) is 0 Å². The van der Waals surface area contributed by atoms with Gasteiger partial charge in [-0.15, -0.1) is 0 Å². The highest BCUT2D eigenvalue weighted by atomic mass is 32.2. The molecule has 15 heteroatoms. The van der Waals surface area contributed by atoms with Gasteiger partial charge in [0.05, 0.1) is 41.7 Å². The predicted molar refractivity (Wildman–Crippen MR) is 167 cm³/mol. The maximum Gasteiger partial charge on any atom is 0.337 e. The van der Waals surface area contributed by atoms with E-state index in [4.69, 9.17) is 12.6 Å². The summed E-state index contributed by atoms with van der Waals surface area (Å²) in [6.07, 6.45) is 1.23. The highest BCUT2D eigenvalue weighted by molar-refractivity contribution is 7.92. The molecule has 6 rings (SSSR count). The molecule has 0 atom stereocenters. The van der Waals surface area contributed by atoms with Crippen LogP contribution in [0.1, 0.15) is 18.9 Å². The summed E-state index contributed by atoms with van der Waals surface area (Å²) >= 11 is 0. The van der Waals surface area contributed by atoms with Crippen LogP contribution in [0.15, 0.2) is 62.9 Å². The van der Waals surface area contributed by atoms with Crippen molar-refractivity contribution in [3.05, 3.63) is 85.5 Å². The zero-order valence-electron chi connectivity index (χ0n) is 24.0. The van der Waals surface area contributed by atoms with E-state index in [0.29, 0.717) is 45.7 Å². The molecule has 0 unspecified atom stereocenters. The quantitative estimate of drug-likeness (QED) is 0.264. The second-order valence-electron chi connectivity index (χ2n) is 11.0. The van der Waals surface area contributed by atoms with Gasteiger partial charge in [-0.25, -0.2) is 22.2 Å². The van der Waals surface area contributed by atoms with E-state index < -0.39 is 32.6 Å². The SMILES string of the molecule is [B]c1ccc(Nc2cc(=O)n(C)c3c2c(=O)n(C2CC2)c(=O)n3-c2cccc(NS(=O)(=O)CCN3CCOCC3)c2)c(F)c1. The van der Waals surface area contributed by atoms with E-state index >= 15 is 0 Å². The molecule has 228 valence electrons. The molecule has 2 aliphatic rings. The fraction of sp³-hybridized carbons (Fsp3) is 0.345. The van der Waals surface area contributed by atoms with Crippen LogP contribution in [0.4, 0.5) is 21.5 Å². The zero-order valence-corrected chi connectivity index (χ0v) is 24.8. The number of morpholine rings is 1. The highest BCUT2D eigenvalue weighted by Crippen LogP contribution is 2.33. The van der Waals surface area contributed by atoms with Gasteiger partial charge < -0.3 is 10.1 Å². The van der Waals surface area contributed by atoms with E-state index in [1.807, 2.05) is 4.90 Å². The van der Waals surface area contributed by atoms with Gasteiger partial charge in [0.25, 0.3) is 11.1 Å². The Labute approximate surface area is 253 Å². The van der Waals surface area contributed by atoms with Crippen molar-refractivity contribution >= 4 is 51.4 Å². The lowest BCUT2D eigenvalue weighted by atomic mass is 9.96. The molecule has 2 aromatic heterocycles. The third kappa shape index (κ3) is 5.94. The number of sulfonamides is 1. The number of ether oxygens (including phenoxy) is 1. The number of benzene rings is 2. The van der Waals surface area contributed by atoms with E-state index in [9.17, 15) is 27.2 Å². The number of nitrogens with zero attached hydrogens (tertiary/aromatic N) is 4. The van der Waals surface area contributed by atoms with Gasteiger partial charge in [-0.3, -0.25) is 28.3 Å². The van der Waals surface area contributed by atoms with Gasteiger partial charge in [0.1, 0.15) is 24.7 Å². The summed E-state index contributed by atoms with van der Waals surface area (Å²) in [5, 5.41) is 2.84. The minimum Gasteiger partial charge on any atom is -0.379 e. The third-order valence-corrected chi connectivity index (χ3v) is 9.05. The van der Waals surface area contributed by atoms with E-state index in [1.165, 1.54) is 40.4 Å². The van der Waals surface area contributed by atoms with Crippen molar-refractivity contribution in [2.24, 2.45) is 7.05 Å². The minimum atomic E-state index is -3.75. The molecule has 0 amide bonds. The van der Waals surface area contributed by atoms with E-state index in [1.54, 1.807) is 18.2 Å². The molecule has 2 aromatic carbocycles. The van der Waals surface area contributed by atoms with E-state index in [-0.39, 0.29) is 51.0 Å². The first-order valence-corrected chi connectivity index (χ1v) is 15.8. The minimum absolute atomic E-state index is 0.00804. The molecule has 1 aliphatic heterocycles. The van der Waals surface area contributed by atoms with Crippen LogP contribution < -0.4 is 32.3 Å². The maximum atomic E-state index is 14.8. The summed E-state index contributed by atoms with van der Waals surface area (Å²) < 4.78 is 52.1. The average Bonchev–Trinajstić information content (AvgIpc) is 3.82. The van der Waals surface area contributed by atoms with Crippen LogP contribution in [0.25, 0.3) is 16.7 Å². The number of pyridine rings is 1. The molecule has 2 N–H and O–H groups in total. The van der Waals surface area contributed by atoms with Gasteiger partial charge in [-0.1, -0.05) is 17.6 Å². The van der Waals surface area contributed by atoms with Crippen molar-refractivity contribution in [2.75, 3.05) is 48.6 Å². The van der Waals surface area contributed by atoms with Crippen LogP contribution in [0, 0.1) is 5.82 Å². The number of hydrogen-bond acceptors (Lipinski definition) is 8. The lowest BCUT2D eigenvalue weighted by Crippen LogP contribution is -2.41. The molecular formula is C29H30BFN6O6S. The van der Waals surface area contributed by atoms with Crippen LogP contribution in [0.5, 0.6) is 0 Å². The lowest BCUT2D eigenvalue weighted by Gasteiger charge is -2.26. The fourth-order valence-electron chi connectivity index (χ4n) is 5.34. The van der Waals surface area contributed by atoms with Crippen molar-refractivity contribution in [3.63, 3.8) is 0 Å². The van der Waals surface area contributed by atoms with Crippen LogP contribution >= 0.6 is 0 Å². The Bertz CT molecular complexity index is 2050. The fourth-order valence-corrected chi connectivity index (χ4v) is 6.43. The Morgan fingerprint density at radius 3 is 2.48 bits per heavy atom. The number of nitrogens with one attached hydrogen (secondary N) is 2. The predicted octanol–water partition coefficient (Wildman–Crippen LogP) is 0.936. The summed E-state index contributed by atoms with van der Waals surface area (Å²) in [7, 11) is 3.35. The molecule has 1 saturated heterocycles. The standard InChI is InChI=1S/C29H30BFN6O6S/c1-34-25(38)17-24(32-23-8-5-18(30)15-22(23)31)26-27(34)36(29(40)37(28(26)39)20-6-7-20)21-4-2-3-19(16-21)33-44(41,42)14-11-35-9-12-43-13-10-35/h2-5,8,15-17,20,32-33H,6-7,9-14H2,1H3. The molecule has 2 radical (unpaired) electrons. The molecule has 0 bridgehead atoms. The summed E-state index contributed by atoms with van der Waals surface area (Å²) in [6.45, 7) is 2.74. The Morgan fingerprint density at radius 2 is 1.77 bits per heavy atom. The number of aromatic nitrogens is 3. The van der Waals surface area contributed by atoms with Crippen molar-refractivity contribution in [3.8, 4) is 5.69 Å². The average molecular weight is 620 g/mol. The van der Waals surface area contributed by atoms with Crippen LogP contribution in [0.2, 0.25) is 0 Å².